The lowest BCUT2D eigenvalue weighted by Crippen LogP contribution is -2.12. The van der Waals surface area contributed by atoms with E-state index < -0.39 is 0 Å². The highest BCUT2D eigenvalue weighted by Crippen LogP contribution is 2.25. The number of hydrogen-bond acceptors (Lipinski definition) is 2. The number of carbonyl (C=O) groups is 1. The average molecular weight is 293 g/mol. The number of hydrogen-bond donors (Lipinski definition) is 1. The van der Waals surface area contributed by atoms with Crippen LogP contribution in [0.25, 0.3) is 10.4 Å². The molecule has 1 amide bonds. The third kappa shape index (κ3) is 3.03. The normalized spacial score (nSPS) is 10.3. The predicted molar refractivity (Wildman–Crippen MR) is 88.9 cm³/mol. The number of rotatable bonds is 3. The van der Waals surface area contributed by atoms with Crippen molar-refractivity contribution in [3.8, 4) is 10.4 Å². The summed E-state index contributed by atoms with van der Waals surface area (Å²) in [5, 5.41) is 4.99. The van der Waals surface area contributed by atoms with Gasteiger partial charge in [-0.2, -0.15) is 0 Å². The topological polar surface area (TPSA) is 29.1 Å². The molecule has 0 bridgehead atoms. The van der Waals surface area contributed by atoms with Gasteiger partial charge in [-0.05, 0) is 47.7 Å². The van der Waals surface area contributed by atoms with E-state index in [-0.39, 0.29) is 5.91 Å². The van der Waals surface area contributed by atoms with Crippen molar-refractivity contribution in [1.82, 2.24) is 0 Å². The maximum atomic E-state index is 12.3. The summed E-state index contributed by atoms with van der Waals surface area (Å²) in [6.45, 7) is 1.98. The molecule has 104 valence electrons. The number of nitrogens with one attached hydrogen (secondary N) is 1. The fraction of sp³-hybridized carbons (Fsp3) is 0.0556. The van der Waals surface area contributed by atoms with E-state index in [9.17, 15) is 4.79 Å². The molecule has 3 rings (SSSR count). The summed E-state index contributed by atoms with van der Waals surface area (Å²) in [6.07, 6.45) is 0. The lowest BCUT2D eigenvalue weighted by molar-refractivity contribution is 0.102. The molecule has 1 heterocycles. The van der Waals surface area contributed by atoms with E-state index in [0.717, 1.165) is 16.8 Å². The first kappa shape index (κ1) is 13.6. The monoisotopic (exact) mass is 293 g/mol. The molecule has 1 aromatic heterocycles. The van der Waals surface area contributed by atoms with Crippen LogP contribution >= 0.6 is 11.3 Å². The quantitative estimate of drug-likeness (QED) is 0.725. The second-order valence-electron chi connectivity index (χ2n) is 4.82. The summed E-state index contributed by atoms with van der Waals surface area (Å²) in [4.78, 5) is 13.5. The summed E-state index contributed by atoms with van der Waals surface area (Å²) < 4.78 is 0. The van der Waals surface area contributed by atoms with Crippen molar-refractivity contribution < 1.29 is 4.79 Å². The first-order chi connectivity index (χ1) is 10.2. The van der Waals surface area contributed by atoms with E-state index in [4.69, 9.17) is 0 Å². The van der Waals surface area contributed by atoms with Gasteiger partial charge in [0.15, 0.2) is 0 Å². The van der Waals surface area contributed by atoms with Crippen LogP contribution in [0.4, 0.5) is 5.69 Å². The number of carbonyl (C=O) groups excluding carboxylic acids is 1. The molecule has 2 nitrogen and oxygen atoms in total. The number of anilines is 1. The molecule has 1 N–H and O–H groups in total. The molecule has 21 heavy (non-hydrogen) atoms. The number of para-hydroxylation sites is 1. The van der Waals surface area contributed by atoms with E-state index in [1.54, 1.807) is 11.3 Å². The minimum absolute atomic E-state index is 0.0815. The Morgan fingerprint density at radius 3 is 2.38 bits per heavy atom. The first-order valence-corrected chi connectivity index (χ1v) is 7.63. The minimum Gasteiger partial charge on any atom is -0.322 e. The summed E-state index contributed by atoms with van der Waals surface area (Å²) in [5.41, 5.74) is 3.71. The van der Waals surface area contributed by atoms with Crippen LogP contribution in [0.1, 0.15) is 15.9 Å². The maximum Gasteiger partial charge on any atom is 0.255 e. The summed E-state index contributed by atoms with van der Waals surface area (Å²) in [7, 11) is 0. The molecule has 0 radical (unpaired) electrons. The largest absolute Gasteiger partial charge is 0.322 e. The second kappa shape index (κ2) is 5.94. The number of aryl methyl sites for hydroxylation is 1. The van der Waals surface area contributed by atoms with Crippen LogP contribution in [0.2, 0.25) is 0 Å². The van der Waals surface area contributed by atoms with Crippen molar-refractivity contribution in [3.63, 3.8) is 0 Å². The smallest absolute Gasteiger partial charge is 0.255 e. The number of thiophene rings is 1. The third-order valence-electron chi connectivity index (χ3n) is 3.35. The predicted octanol–water partition coefficient (Wildman–Crippen LogP) is 4.98. The molecule has 0 saturated carbocycles. The molecule has 3 heteroatoms. The highest BCUT2D eigenvalue weighted by Gasteiger charge is 2.08. The highest BCUT2D eigenvalue weighted by atomic mass is 32.1. The zero-order valence-electron chi connectivity index (χ0n) is 11.7. The van der Waals surface area contributed by atoms with Gasteiger partial charge in [0, 0.05) is 16.1 Å². The van der Waals surface area contributed by atoms with Crippen molar-refractivity contribution in [3.05, 3.63) is 77.2 Å². The van der Waals surface area contributed by atoms with Crippen LogP contribution in [-0.4, -0.2) is 5.91 Å². The standard InChI is InChI=1S/C18H15NOS/c1-13-5-2-3-6-16(13)19-18(20)15-10-8-14(9-11-15)17-7-4-12-21-17/h2-12H,1H3,(H,19,20). The Hall–Kier alpha value is -2.39. The Labute approximate surface area is 128 Å². The molecule has 0 aliphatic heterocycles. The van der Waals surface area contributed by atoms with Crippen molar-refractivity contribution in [2.75, 3.05) is 5.32 Å². The average Bonchev–Trinajstić information content (AvgIpc) is 3.04. The van der Waals surface area contributed by atoms with Crippen LogP contribution in [0.3, 0.4) is 0 Å². The number of amides is 1. The van der Waals surface area contributed by atoms with Gasteiger partial charge in [-0.3, -0.25) is 4.79 Å². The Kier molecular flexibility index (Phi) is 3.84. The third-order valence-corrected chi connectivity index (χ3v) is 4.26. The lowest BCUT2D eigenvalue weighted by atomic mass is 10.1. The molecule has 2 aromatic carbocycles. The van der Waals surface area contributed by atoms with Gasteiger partial charge in [0.05, 0.1) is 0 Å². The Morgan fingerprint density at radius 1 is 0.952 bits per heavy atom. The van der Waals surface area contributed by atoms with Gasteiger partial charge in [-0.1, -0.05) is 36.4 Å². The minimum atomic E-state index is -0.0815. The fourth-order valence-corrected chi connectivity index (χ4v) is 2.87. The zero-order valence-corrected chi connectivity index (χ0v) is 12.5. The van der Waals surface area contributed by atoms with Gasteiger partial charge >= 0.3 is 0 Å². The molecule has 0 aliphatic carbocycles. The fourth-order valence-electron chi connectivity index (χ4n) is 2.14. The van der Waals surface area contributed by atoms with Gasteiger partial charge in [0.2, 0.25) is 0 Å². The highest BCUT2D eigenvalue weighted by molar-refractivity contribution is 7.13. The molecule has 0 aliphatic rings. The molecule has 0 fully saturated rings. The van der Waals surface area contributed by atoms with Crippen LogP contribution in [0, 0.1) is 6.92 Å². The Balaban J connectivity index is 1.78. The molecule has 0 spiro atoms. The van der Waals surface area contributed by atoms with Gasteiger partial charge in [-0.25, -0.2) is 0 Å². The van der Waals surface area contributed by atoms with E-state index in [2.05, 4.69) is 11.4 Å². The Bertz CT molecular complexity index is 745. The van der Waals surface area contributed by atoms with E-state index in [0.29, 0.717) is 5.56 Å². The maximum absolute atomic E-state index is 12.3. The van der Waals surface area contributed by atoms with Gasteiger partial charge in [0.1, 0.15) is 0 Å². The van der Waals surface area contributed by atoms with Gasteiger partial charge in [0.25, 0.3) is 5.91 Å². The van der Waals surface area contributed by atoms with Crippen molar-refractivity contribution >= 4 is 22.9 Å². The van der Waals surface area contributed by atoms with Crippen LogP contribution in [0.5, 0.6) is 0 Å². The molecule has 3 aromatic rings. The summed E-state index contributed by atoms with van der Waals surface area (Å²) in [5.74, 6) is -0.0815. The molecule has 0 unspecified atom stereocenters. The van der Waals surface area contributed by atoms with Crippen molar-refractivity contribution in [1.29, 1.82) is 0 Å². The Morgan fingerprint density at radius 2 is 1.71 bits per heavy atom. The van der Waals surface area contributed by atoms with Gasteiger partial charge in [-0.15, -0.1) is 11.3 Å². The zero-order chi connectivity index (χ0) is 14.7. The van der Waals surface area contributed by atoms with Crippen LogP contribution in [-0.2, 0) is 0 Å². The number of benzene rings is 2. The molecular weight excluding hydrogens is 278 g/mol. The van der Waals surface area contributed by atoms with Crippen LogP contribution < -0.4 is 5.32 Å². The summed E-state index contributed by atoms with van der Waals surface area (Å²) >= 11 is 1.69. The van der Waals surface area contributed by atoms with Gasteiger partial charge < -0.3 is 5.32 Å². The summed E-state index contributed by atoms with van der Waals surface area (Å²) in [6, 6.07) is 19.6. The molecule has 0 atom stereocenters. The second-order valence-corrected chi connectivity index (χ2v) is 5.77. The van der Waals surface area contributed by atoms with Crippen molar-refractivity contribution in [2.45, 2.75) is 6.92 Å². The lowest BCUT2D eigenvalue weighted by Gasteiger charge is -2.08. The van der Waals surface area contributed by atoms with E-state index >= 15 is 0 Å². The first-order valence-electron chi connectivity index (χ1n) is 6.75. The van der Waals surface area contributed by atoms with Crippen molar-refractivity contribution in [2.24, 2.45) is 0 Å². The van der Waals surface area contributed by atoms with Crippen LogP contribution in [0.15, 0.2) is 66.0 Å². The van der Waals surface area contributed by atoms with E-state index in [1.807, 2.05) is 66.9 Å². The molecular formula is C18H15NOS. The molecule has 0 saturated heterocycles. The SMILES string of the molecule is Cc1ccccc1NC(=O)c1ccc(-c2cccs2)cc1. The van der Waals surface area contributed by atoms with E-state index in [1.165, 1.54) is 4.88 Å².